The summed E-state index contributed by atoms with van der Waals surface area (Å²) in [6.45, 7) is 7.80. The van der Waals surface area contributed by atoms with Crippen LogP contribution in [0.4, 0.5) is 5.82 Å². The van der Waals surface area contributed by atoms with Gasteiger partial charge in [0.15, 0.2) is 5.82 Å². The van der Waals surface area contributed by atoms with Gasteiger partial charge in [-0.2, -0.15) is 0 Å². The molecular weight excluding hydrogens is 268 g/mol. The van der Waals surface area contributed by atoms with E-state index in [4.69, 9.17) is 4.74 Å². The Labute approximate surface area is 123 Å². The van der Waals surface area contributed by atoms with Crippen molar-refractivity contribution in [3.05, 3.63) is 18.2 Å². The van der Waals surface area contributed by atoms with Gasteiger partial charge < -0.3 is 9.64 Å². The molecule has 0 amide bonds. The molecule has 2 saturated heterocycles. The minimum absolute atomic E-state index is 0.597. The first kappa shape index (κ1) is 13.0. The Morgan fingerprint density at radius 2 is 2.05 bits per heavy atom. The molecule has 2 aromatic rings. The summed E-state index contributed by atoms with van der Waals surface area (Å²) in [5.41, 5.74) is 0.859. The maximum absolute atomic E-state index is 5.44. The molecule has 2 aliphatic rings. The van der Waals surface area contributed by atoms with Crippen molar-refractivity contribution in [1.29, 1.82) is 0 Å². The van der Waals surface area contributed by atoms with Crippen LogP contribution in [0.1, 0.15) is 12.2 Å². The van der Waals surface area contributed by atoms with Gasteiger partial charge in [0.1, 0.15) is 5.82 Å². The molecule has 7 nitrogen and oxygen atoms in total. The van der Waals surface area contributed by atoms with E-state index < -0.39 is 0 Å². The Balaban J connectivity index is 1.56. The Morgan fingerprint density at radius 3 is 2.90 bits per heavy atom. The SMILES string of the molecule is Cc1nnc2c(N3CCC(N4CCOCC4)C3)nccn12. The summed E-state index contributed by atoms with van der Waals surface area (Å²) in [6, 6.07) is 0.597. The first-order valence-corrected chi connectivity index (χ1v) is 7.56. The van der Waals surface area contributed by atoms with Gasteiger partial charge in [-0.15, -0.1) is 10.2 Å². The van der Waals surface area contributed by atoms with Crippen LogP contribution in [0.2, 0.25) is 0 Å². The van der Waals surface area contributed by atoms with Crippen LogP contribution in [0.3, 0.4) is 0 Å². The van der Waals surface area contributed by atoms with Crippen LogP contribution in [-0.2, 0) is 4.74 Å². The topological polar surface area (TPSA) is 58.8 Å². The van der Waals surface area contributed by atoms with E-state index >= 15 is 0 Å². The number of hydrogen-bond donors (Lipinski definition) is 0. The van der Waals surface area contributed by atoms with Crippen LogP contribution in [0.15, 0.2) is 12.4 Å². The van der Waals surface area contributed by atoms with E-state index in [1.165, 1.54) is 6.42 Å². The molecule has 0 radical (unpaired) electrons. The number of ether oxygens (including phenoxy) is 1. The molecule has 1 unspecified atom stereocenters. The monoisotopic (exact) mass is 288 g/mol. The number of anilines is 1. The fraction of sp³-hybridized carbons (Fsp3) is 0.643. The van der Waals surface area contributed by atoms with Crippen molar-refractivity contribution in [3.8, 4) is 0 Å². The lowest BCUT2D eigenvalue weighted by Gasteiger charge is -2.32. The molecule has 0 aromatic carbocycles. The first-order chi connectivity index (χ1) is 10.3. The lowest BCUT2D eigenvalue weighted by Crippen LogP contribution is -2.44. The number of rotatable bonds is 2. The summed E-state index contributed by atoms with van der Waals surface area (Å²) < 4.78 is 7.45. The van der Waals surface area contributed by atoms with Crippen molar-refractivity contribution in [1.82, 2.24) is 24.5 Å². The van der Waals surface area contributed by atoms with Crippen LogP contribution in [-0.4, -0.2) is 69.9 Å². The number of aryl methyl sites for hydroxylation is 1. The lowest BCUT2D eigenvalue weighted by atomic mass is 10.2. The summed E-state index contributed by atoms with van der Waals surface area (Å²) in [5.74, 6) is 1.85. The second-order valence-corrected chi connectivity index (χ2v) is 5.73. The highest BCUT2D eigenvalue weighted by Crippen LogP contribution is 2.24. The van der Waals surface area contributed by atoms with Crippen LogP contribution in [0, 0.1) is 6.92 Å². The van der Waals surface area contributed by atoms with Crippen LogP contribution < -0.4 is 4.90 Å². The van der Waals surface area contributed by atoms with Gasteiger partial charge in [0.2, 0.25) is 5.65 Å². The summed E-state index contributed by atoms with van der Waals surface area (Å²) in [5, 5.41) is 8.43. The largest absolute Gasteiger partial charge is 0.379 e. The highest BCUT2D eigenvalue weighted by atomic mass is 16.5. The third-order valence-corrected chi connectivity index (χ3v) is 4.50. The molecule has 7 heteroatoms. The van der Waals surface area contributed by atoms with E-state index in [0.717, 1.165) is 56.7 Å². The van der Waals surface area contributed by atoms with Crippen molar-refractivity contribution in [2.75, 3.05) is 44.3 Å². The van der Waals surface area contributed by atoms with Gasteiger partial charge in [-0.25, -0.2) is 4.98 Å². The number of aromatic nitrogens is 4. The molecule has 21 heavy (non-hydrogen) atoms. The normalized spacial score (nSPS) is 24.0. The first-order valence-electron chi connectivity index (χ1n) is 7.56. The summed E-state index contributed by atoms with van der Waals surface area (Å²) in [7, 11) is 0. The highest BCUT2D eigenvalue weighted by Gasteiger charge is 2.30. The fourth-order valence-corrected chi connectivity index (χ4v) is 3.33. The van der Waals surface area contributed by atoms with Gasteiger partial charge in [-0.3, -0.25) is 9.30 Å². The van der Waals surface area contributed by atoms with Crippen LogP contribution >= 0.6 is 0 Å². The molecule has 4 heterocycles. The molecule has 0 aliphatic carbocycles. The molecule has 0 spiro atoms. The second kappa shape index (κ2) is 5.23. The molecule has 2 fully saturated rings. The summed E-state index contributed by atoms with van der Waals surface area (Å²) in [4.78, 5) is 9.42. The predicted octanol–water partition coefficient (Wildman–Crippen LogP) is 0.344. The Morgan fingerprint density at radius 1 is 1.19 bits per heavy atom. The molecule has 2 aliphatic heterocycles. The molecule has 112 valence electrons. The van der Waals surface area contributed by atoms with E-state index in [0.29, 0.717) is 6.04 Å². The van der Waals surface area contributed by atoms with Crippen molar-refractivity contribution in [2.45, 2.75) is 19.4 Å². The number of nitrogens with zero attached hydrogens (tertiary/aromatic N) is 6. The average Bonchev–Trinajstić information content (AvgIpc) is 3.16. The van der Waals surface area contributed by atoms with Gasteiger partial charge >= 0.3 is 0 Å². The molecule has 0 bridgehead atoms. The lowest BCUT2D eigenvalue weighted by molar-refractivity contribution is 0.0209. The molecule has 4 rings (SSSR count). The highest BCUT2D eigenvalue weighted by molar-refractivity contribution is 5.64. The van der Waals surface area contributed by atoms with Crippen molar-refractivity contribution < 1.29 is 4.74 Å². The Kier molecular flexibility index (Phi) is 3.23. The maximum atomic E-state index is 5.44. The summed E-state index contributed by atoms with van der Waals surface area (Å²) >= 11 is 0. The zero-order chi connectivity index (χ0) is 14.2. The van der Waals surface area contributed by atoms with Gasteiger partial charge in [-0.1, -0.05) is 0 Å². The Hall–Kier alpha value is -1.73. The smallest absolute Gasteiger partial charge is 0.203 e. The number of fused-ring (bicyclic) bond motifs is 1. The number of hydrogen-bond acceptors (Lipinski definition) is 6. The van der Waals surface area contributed by atoms with E-state index in [1.54, 1.807) is 0 Å². The van der Waals surface area contributed by atoms with Crippen molar-refractivity contribution in [3.63, 3.8) is 0 Å². The summed E-state index contributed by atoms with van der Waals surface area (Å²) in [6.07, 6.45) is 4.93. The van der Waals surface area contributed by atoms with Crippen LogP contribution in [0.25, 0.3) is 5.65 Å². The quantitative estimate of drug-likeness (QED) is 0.794. The fourth-order valence-electron chi connectivity index (χ4n) is 3.33. The van der Waals surface area contributed by atoms with Gasteiger partial charge in [-0.05, 0) is 13.3 Å². The van der Waals surface area contributed by atoms with Crippen molar-refractivity contribution >= 4 is 11.5 Å². The van der Waals surface area contributed by atoms with E-state index in [9.17, 15) is 0 Å². The zero-order valence-corrected chi connectivity index (χ0v) is 12.3. The van der Waals surface area contributed by atoms with E-state index in [2.05, 4.69) is 25.0 Å². The third kappa shape index (κ3) is 2.26. The van der Waals surface area contributed by atoms with E-state index in [1.807, 2.05) is 23.7 Å². The van der Waals surface area contributed by atoms with E-state index in [-0.39, 0.29) is 0 Å². The maximum Gasteiger partial charge on any atom is 0.203 e. The standard InChI is InChI=1S/C14H20N6O/c1-11-16-17-14-13(15-3-5-20(11)14)19-4-2-12(10-19)18-6-8-21-9-7-18/h3,5,12H,2,4,6-10H2,1H3. The Bertz CT molecular complexity index is 635. The molecule has 0 N–H and O–H groups in total. The van der Waals surface area contributed by atoms with Crippen molar-refractivity contribution in [2.24, 2.45) is 0 Å². The van der Waals surface area contributed by atoms with Crippen LogP contribution in [0.5, 0.6) is 0 Å². The van der Waals surface area contributed by atoms with Gasteiger partial charge in [0, 0.05) is 44.6 Å². The molecule has 2 aromatic heterocycles. The third-order valence-electron chi connectivity index (χ3n) is 4.50. The number of morpholine rings is 1. The zero-order valence-electron chi connectivity index (χ0n) is 12.3. The second-order valence-electron chi connectivity index (χ2n) is 5.73. The molecule has 1 atom stereocenters. The van der Waals surface area contributed by atoms with Gasteiger partial charge in [0.05, 0.1) is 13.2 Å². The minimum Gasteiger partial charge on any atom is -0.379 e. The van der Waals surface area contributed by atoms with Gasteiger partial charge in [0.25, 0.3) is 0 Å². The molecule has 0 saturated carbocycles. The predicted molar refractivity (Wildman–Crippen MR) is 78.5 cm³/mol. The minimum atomic E-state index is 0.597. The molecular formula is C14H20N6O. The average molecular weight is 288 g/mol.